The highest BCUT2D eigenvalue weighted by Crippen LogP contribution is 2.45. The maximum Gasteiger partial charge on any atom is 0.152 e. The van der Waals surface area contributed by atoms with Crippen LogP contribution in [0.25, 0.3) is 27.7 Å². The second-order valence-electron chi connectivity index (χ2n) is 6.79. The minimum atomic E-state index is -0.395. The SMILES string of the molecule is N#CC1=C(c2cc3ccccc3o2)Nc2[nH]ncc2C1c1cccc2nonc12. The third kappa shape index (κ3) is 2.21. The first-order valence-corrected chi connectivity index (χ1v) is 8.98. The molecule has 1 aliphatic heterocycles. The number of furan rings is 1. The van der Waals surface area contributed by atoms with E-state index in [9.17, 15) is 5.26 Å². The van der Waals surface area contributed by atoms with Crippen LogP contribution >= 0.6 is 0 Å². The number of nitriles is 1. The highest BCUT2D eigenvalue weighted by atomic mass is 16.6. The summed E-state index contributed by atoms with van der Waals surface area (Å²) < 4.78 is 11.0. The molecule has 0 saturated carbocycles. The Morgan fingerprint density at radius 2 is 1.97 bits per heavy atom. The van der Waals surface area contributed by atoms with Crippen molar-refractivity contribution >= 4 is 33.5 Å². The summed E-state index contributed by atoms with van der Waals surface area (Å²) in [5, 5.41) is 29.5. The van der Waals surface area contributed by atoms with Crippen LogP contribution in [0.5, 0.6) is 0 Å². The Bertz CT molecular complexity index is 1430. The first-order valence-electron chi connectivity index (χ1n) is 8.98. The predicted octanol–water partition coefficient (Wildman–Crippen LogP) is 4.18. The van der Waals surface area contributed by atoms with E-state index >= 15 is 0 Å². The van der Waals surface area contributed by atoms with Crippen molar-refractivity contribution in [2.24, 2.45) is 0 Å². The number of hydrogen-bond acceptors (Lipinski definition) is 7. The molecule has 138 valence electrons. The van der Waals surface area contributed by atoms with E-state index in [0.29, 0.717) is 33.9 Å². The zero-order valence-electron chi connectivity index (χ0n) is 14.9. The molecule has 1 aliphatic rings. The normalized spacial score (nSPS) is 16.0. The molecular weight excluding hydrogens is 368 g/mol. The lowest BCUT2D eigenvalue weighted by molar-refractivity contribution is 0.315. The number of H-pyrrole nitrogens is 1. The molecule has 8 nitrogen and oxygen atoms in total. The Balaban J connectivity index is 1.63. The van der Waals surface area contributed by atoms with E-state index in [1.807, 2.05) is 48.5 Å². The monoisotopic (exact) mass is 380 g/mol. The van der Waals surface area contributed by atoms with E-state index in [2.05, 4.69) is 31.9 Å². The molecule has 6 rings (SSSR count). The molecule has 2 aromatic carbocycles. The number of rotatable bonds is 2. The molecule has 3 aromatic heterocycles. The van der Waals surface area contributed by atoms with E-state index in [1.165, 1.54) is 0 Å². The number of para-hydroxylation sites is 1. The zero-order chi connectivity index (χ0) is 19.4. The van der Waals surface area contributed by atoms with Gasteiger partial charge in [0.1, 0.15) is 22.4 Å². The van der Waals surface area contributed by atoms with Crippen LogP contribution in [0.4, 0.5) is 5.82 Å². The summed E-state index contributed by atoms with van der Waals surface area (Å²) in [5.74, 6) is 0.894. The van der Waals surface area contributed by atoms with Gasteiger partial charge in [0.25, 0.3) is 0 Å². The van der Waals surface area contributed by atoms with Crippen LogP contribution < -0.4 is 5.32 Å². The number of hydrogen-bond donors (Lipinski definition) is 2. The van der Waals surface area contributed by atoms with Crippen LogP contribution in [0, 0.1) is 11.3 Å². The van der Waals surface area contributed by atoms with Crippen molar-refractivity contribution in [1.29, 1.82) is 5.26 Å². The Kier molecular flexibility index (Phi) is 3.13. The fourth-order valence-electron chi connectivity index (χ4n) is 3.91. The minimum Gasteiger partial charge on any atom is -0.454 e. The number of aromatic amines is 1. The lowest BCUT2D eigenvalue weighted by Crippen LogP contribution is -2.17. The Labute approximate surface area is 163 Å². The second kappa shape index (κ2) is 5.81. The average Bonchev–Trinajstić information content (AvgIpc) is 3.50. The second-order valence-corrected chi connectivity index (χ2v) is 6.79. The number of benzene rings is 2. The van der Waals surface area contributed by atoms with Gasteiger partial charge in [0.05, 0.1) is 29.5 Å². The highest BCUT2D eigenvalue weighted by Gasteiger charge is 2.34. The van der Waals surface area contributed by atoms with Crippen LogP contribution in [0.2, 0.25) is 0 Å². The topological polar surface area (TPSA) is 117 Å². The number of nitrogens with zero attached hydrogens (tertiary/aromatic N) is 4. The van der Waals surface area contributed by atoms with Crippen molar-refractivity contribution < 1.29 is 9.05 Å². The van der Waals surface area contributed by atoms with Gasteiger partial charge in [-0.25, -0.2) is 4.63 Å². The highest BCUT2D eigenvalue weighted by molar-refractivity contribution is 5.91. The van der Waals surface area contributed by atoms with E-state index in [1.54, 1.807) is 6.20 Å². The molecule has 0 spiro atoms. The lowest BCUT2D eigenvalue weighted by atomic mass is 9.82. The molecule has 0 bridgehead atoms. The van der Waals surface area contributed by atoms with Crippen LogP contribution in [0.3, 0.4) is 0 Å². The molecule has 0 fully saturated rings. The Morgan fingerprint density at radius 1 is 1.03 bits per heavy atom. The van der Waals surface area contributed by atoms with Crippen LogP contribution in [-0.4, -0.2) is 20.5 Å². The summed E-state index contributed by atoms with van der Waals surface area (Å²) in [6.07, 6.45) is 1.71. The van der Waals surface area contributed by atoms with E-state index in [0.717, 1.165) is 22.1 Å². The van der Waals surface area contributed by atoms with Crippen molar-refractivity contribution in [3.63, 3.8) is 0 Å². The van der Waals surface area contributed by atoms with E-state index in [4.69, 9.17) is 9.05 Å². The third-order valence-corrected chi connectivity index (χ3v) is 5.21. The fourth-order valence-corrected chi connectivity index (χ4v) is 3.91. The van der Waals surface area contributed by atoms with Gasteiger partial charge >= 0.3 is 0 Å². The van der Waals surface area contributed by atoms with Gasteiger partial charge in [-0.2, -0.15) is 10.4 Å². The minimum absolute atomic E-state index is 0.395. The molecular formula is C21H12N6O2. The Hall–Kier alpha value is -4.38. The molecule has 0 saturated heterocycles. The van der Waals surface area contributed by atoms with Crippen molar-refractivity contribution in [1.82, 2.24) is 20.5 Å². The van der Waals surface area contributed by atoms with E-state index < -0.39 is 5.92 Å². The maximum absolute atomic E-state index is 10.1. The number of allylic oxidation sites excluding steroid dienone is 1. The van der Waals surface area contributed by atoms with Crippen molar-refractivity contribution in [2.45, 2.75) is 5.92 Å². The molecule has 5 aromatic rings. The average molecular weight is 380 g/mol. The molecule has 1 atom stereocenters. The summed E-state index contributed by atoms with van der Waals surface area (Å²) >= 11 is 0. The molecule has 0 radical (unpaired) electrons. The molecule has 8 heteroatoms. The first-order chi connectivity index (χ1) is 14.3. The van der Waals surface area contributed by atoms with Crippen LogP contribution in [-0.2, 0) is 0 Å². The van der Waals surface area contributed by atoms with E-state index in [-0.39, 0.29) is 0 Å². The number of anilines is 1. The number of nitrogens with one attached hydrogen (secondary N) is 2. The molecule has 0 amide bonds. The summed E-state index contributed by atoms with van der Waals surface area (Å²) in [4.78, 5) is 0. The van der Waals surface area contributed by atoms with Gasteiger partial charge in [-0.15, -0.1) is 0 Å². The van der Waals surface area contributed by atoms with Gasteiger partial charge in [0.15, 0.2) is 5.76 Å². The van der Waals surface area contributed by atoms with Crippen LogP contribution in [0.15, 0.2) is 69.3 Å². The maximum atomic E-state index is 10.1. The first kappa shape index (κ1) is 15.7. The summed E-state index contributed by atoms with van der Waals surface area (Å²) in [6, 6.07) is 17.6. The molecule has 0 aliphatic carbocycles. The summed E-state index contributed by atoms with van der Waals surface area (Å²) in [5.41, 5.74) is 4.77. The smallest absolute Gasteiger partial charge is 0.152 e. The third-order valence-electron chi connectivity index (χ3n) is 5.21. The summed E-state index contributed by atoms with van der Waals surface area (Å²) in [7, 11) is 0. The summed E-state index contributed by atoms with van der Waals surface area (Å²) in [6.45, 7) is 0. The zero-order valence-corrected chi connectivity index (χ0v) is 14.9. The van der Waals surface area contributed by atoms with Crippen molar-refractivity contribution in [3.8, 4) is 6.07 Å². The van der Waals surface area contributed by atoms with Gasteiger partial charge in [-0.05, 0) is 34.1 Å². The van der Waals surface area contributed by atoms with Gasteiger partial charge in [0.2, 0.25) is 0 Å². The van der Waals surface area contributed by atoms with Gasteiger partial charge in [-0.3, -0.25) is 5.10 Å². The van der Waals surface area contributed by atoms with Gasteiger partial charge in [-0.1, -0.05) is 30.3 Å². The van der Waals surface area contributed by atoms with Gasteiger partial charge in [0, 0.05) is 10.9 Å². The molecule has 2 N–H and O–H groups in total. The Morgan fingerprint density at radius 3 is 2.86 bits per heavy atom. The molecule has 1 unspecified atom stereocenters. The van der Waals surface area contributed by atoms with Crippen molar-refractivity contribution in [3.05, 3.63) is 77.2 Å². The largest absolute Gasteiger partial charge is 0.454 e. The number of aromatic nitrogens is 4. The quantitative estimate of drug-likeness (QED) is 0.472. The molecule has 29 heavy (non-hydrogen) atoms. The van der Waals surface area contributed by atoms with Crippen LogP contribution in [0.1, 0.15) is 22.8 Å². The van der Waals surface area contributed by atoms with Crippen molar-refractivity contribution in [2.75, 3.05) is 5.32 Å². The predicted molar refractivity (Wildman–Crippen MR) is 105 cm³/mol. The number of fused-ring (bicyclic) bond motifs is 3. The lowest BCUT2D eigenvalue weighted by Gasteiger charge is -2.25. The standard InChI is InChI=1S/C21H12N6O2/c22-9-13-18(12-5-3-6-15-19(12)27-29-26-15)14-10-23-25-21(14)24-20(13)17-8-11-4-1-2-7-16(11)28-17/h1-8,10,18H,(H2,23,24,25). The van der Waals surface area contributed by atoms with Gasteiger partial charge < -0.3 is 9.73 Å². The molecule has 4 heterocycles. The fraction of sp³-hybridized carbons (Fsp3) is 0.0476.